The molecule has 0 radical (unpaired) electrons. The third kappa shape index (κ3) is 2.22. The molecule has 0 bridgehead atoms. The lowest BCUT2D eigenvalue weighted by atomic mass is 10.1. The average molecular weight is 336 g/mol. The van der Waals surface area contributed by atoms with Crippen LogP contribution in [0.25, 0.3) is 0 Å². The normalized spacial score (nSPS) is 29.5. The first kappa shape index (κ1) is 11.8. The zero-order valence-electron chi connectivity index (χ0n) is 8.85. The van der Waals surface area contributed by atoms with Crippen molar-refractivity contribution in [2.75, 3.05) is 4.43 Å². The molecule has 1 aliphatic heterocycles. The summed E-state index contributed by atoms with van der Waals surface area (Å²) in [4.78, 5) is 24.8. The largest absolute Gasteiger partial charge is 0.354 e. The summed E-state index contributed by atoms with van der Waals surface area (Å²) in [5.41, 5.74) is -0.782. The van der Waals surface area contributed by atoms with E-state index in [0.29, 0.717) is 0 Å². The summed E-state index contributed by atoms with van der Waals surface area (Å²) in [6.07, 6.45) is 2.38. The highest BCUT2D eigenvalue weighted by Gasteiger charge is 2.33. The highest BCUT2D eigenvalue weighted by atomic mass is 127. The molecule has 0 spiro atoms. The van der Waals surface area contributed by atoms with Crippen LogP contribution in [0.3, 0.4) is 0 Å². The second-order valence-electron chi connectivity index (χ2n) is 4.03. The Labute approximate surface area is 106 Å². The summed E-state index contributed by atoms with van der Waals surface area (Å²) in [7, 11) is 0. The molecule has 0 amide bonds. The van der Waals surface area contributed by atoms with E-state index in [4.69, 9.17) is 4.74 Å². The number of hydrogen-bond acceptors (Lipinski definition) is 3. The third-order valence-electron chi connectivity index (χ3n) is 2.75. The van der Waals surface area contributed by atoms with Gasteiger partial charge in [0.15, 0.2) is 0 Å². The first-order valence-electron chi connectivity index (χ1n) is 5.14. The van der Waals surface area contributed by atoms with Crippen LogP contribution in [0.2, 0.25) is 0 Å². The monoisotopic (exact) mass is 336 g/mol. The van der Waals surface area contributed by atoms with E-state index >= 15 is 0 Å². The van der Waals surface area contributed by atoms with Crippen LogP contribution >= 0.6 is 22.6 Å². The molecule has 2 rings (SSSR count). The summed E-state index contributed by atoms with van der Waals surface area (Å²) in [6, 6.07) is 1.34. The second-order valence-corrected chi connectivity index (χ2v) is 4.91. The van der Waals surface area contributed by atoms with Crippen LogP contribution in [0.5, 0.6) is 0 Å². The lowest BCUT2D eigenvalue weighted by molar-refractivity contribution is -0.00266. The predicted molar refractivity (Wildman–Crippen MR) is 67.9 cm³/mol. The Bertz CT molecular complexity index is 481. The lowest BCUT2D eigenvalue weighted by Crippen LogP contribution is -2.33. The van der Waals surface area contributed by atoms with Crippen LogP contribution in [0.15, 0.2) is 21.9 Å². The molecular formula is C10H13IN2O3. The third-order valence-corrected chi connectivity index (χ3v) is 3.73. The van der Waals surface area contributed by atoms with Crippen LogP contribution < -0.4 is 11.2 Å². The quantitative estimate of drug-likeness (QED) is 0.645. The fourth-order valence-electron chi connectivity index (χ4n) is 1.98. The Kier molecular flexibility index (Phi) is 3.48. The number of hydrogen-bond donors (Lipinski definition) is 1. The molecular weight excluding hydrogens is 323 g/mol. The Hall–Kier alpha value is -0.630. The minimum atomic E-state index is -0.404. The number of ether oxygens (including phenoxy) is 1. The summed E-state index contributed by atoms with van der Waals surface area (Å²) in [5, 5.41) is 0. The predicted octanol–water partition coefficient (Wildman–Crippen LogP) is 0.895. The van der Waals surface area contributed by atoms with Gasteiger partial charge in [-0.25, -0.2) is 4.79 Å². The molecule has 88 valence electrons. The van der Waals surface area contributed by atoms with Crippen molar-refractivity contribution in [2.24, 2.45) is 5.92 Å². The van der Waals surface area contributed by atoms with Gasteiger partial charge in [0, 0.05) is 22.6 Å². The molecule has 1 N–H and O–H groups in total. The summed E-state index contributed by atoms with van der Waals surface area (Å²) in [5.74, 6) is 0.281. The van der Waals surface area contributed by atoms with Crippen LogP contribution in [-0.2, 0) is 4.74 Å². The zero-order chi connectivity index (χ0) is 11.7. The number of aromatic nitrogens is 2. The molecule has 1 saturated heterocycles. The van der Waals surface area contributed by atoms with Crippen LogP contribution in [-0.4, -0.2) is 20.1 Å². The molecule has 1 aliphatic rings. The molecule has 16 heavy (non-hydrogen) atoms. The SMILES string of the molecule is C[C@H]1C[C@@H](CI)O[C@H]1n1ccc(=O)[nH]c1=O. The fraction of sp³-hybridized carbons (Fsp3) is 0.600. The summed E-state index contributed by atoms with van der Waals surface area (Å²) in [6.45, 7) is 2.05. The molecule has 0 unspecified atom stereocenters. The van der Waals surface area contributed by atoms with Crippen molar-refractivity contribution in [3.05, 3.63) is 33.1 Å². The van der Waals surface area contributed by atoms with E-state index in [1.807, 2.05) is 0 Å². The minimum absolute atomic E-state index is 0.194. The fourth-order valence-corrected chi connectivity index (χ4v) is 2.55. The van der Waals surface area contributed by atoms with E-state index in [1.54, 1.807) is 0 Å². The molecule has 1 fully saturated rings. The molecule has 0 aromatic carbocycles. The minimum Gasteiger partial charge on any atom is -0.354 e. The van der Waals surface area contributed by atoms with Gasteiger partial charge >= 0.3 is 5.69 Å². The van der Waals surface area contributed by atoms with Crippen LogP contribution in [0.4, 0.5) is 0 Å². The van der Waals surface area contributed by atoms with Crippen molar-refractivity contribution in [1.82, 2.24) is 9.55 Å². The van der Waals surface area contributed by atoms with Gasteiger partial charge in [0.1, 0.15) is 6.23 Å². The standard InChI is InChI=1S/C10H13IN2O3/c1-6-4-7(5-11)16-9(6)13-3-2-8(14)12-10(13)15/h2-3,6-7,9H,4-5H2,1H3,(H,12,14,15)/t6-,7-,9+/m0/s1. The molecule has 5 nitrogen and oxygen atoms in total. The number of H-pyrrole nitrogens is 1. The van der Waals surface area contributed by atoms with E-state index in [-0.39, 0.29) is 23.8 Å². The van der Waals surface area contributed by atoms with E-state index in [1.165, 1.54) is 16.8 Å². The maximum Gasteiger partial charge on any atom is 0.330 e. The van der Waals surface area contributed by atoms with Crippen LogP contribution in [0, 0.1) is 5.92 Å². The van der Waals surface area contributed by atoms with Crippen LogP contribution in [0.1, 0.15) is 19.6 Å². The molecule has 3 atom stereocenters. The second kappa shape index (κ2) is 4.70. The first-order chi connectivity index (χ1) is 7.61. The van der Waals surface area contributed by atoms with Crippen molar-refractivity contribution in [3.63, 3.8) is 0 Å². The summed E-state index contributed by atoms with van der Waals surface area (Å²) >= 11 is 2.27. The van der Waals surface area contributed by atoms with E-state index in [0.717, 1.165) is 10.8 Å². The Morgan fingerprint density at radius 1 is 1.62 bits per heavy atom. The van der Waals surface area contributed by atoms with Crippen molar-refractivity contribution in [2.45, 2.75) is 25.7 Å². The van der Waals surface area contributed by atoms with Crippen molar-refractivity contribution < 1.29 is 4.74 Å². The molecule has 2 heterocycles. The topological polar surface area (TPSA) is 64.1 Å². The highest BCUT2D eigenvalue weighted by molar-refractivity contribution is 14.1. The maximum absolute atomic E-state index is 11.6. The lowest BCUT2D eigenvalue weighted by Gasteiger charge is -2.17. The molecule has 0 aliphatic carbocycles. The van der Waals surface area contributed by atoms with Gasteiger partial charge in [-0.05, 0) is 6.42 Å². The van der Waals surface area contributed by atoms with E-state index in [9.17, 15) is 9.59 Å². The first-order valence-corrected chi connectivity index (χ1v) is 6.67. The maximum atomic E-state index is 11.6. The van der Waals surface area contributed by atoms with Crippen molar-refractivity contribution in [3.8, 4) is 0 Å². The van der Waals surface area contributed by atoms with Gasteiger partial charge in [0.05, 0.1) is 6.10 Å². The average Bonchev–Trinajstić information content (AvgIpc) is 2.60. The number of halogens is 1. The Balaban J connectivity index is 2.31. The zero-order valence-corrected chi connectivity index (χ0v) is 11.0. The van der Waals surface area contributed by atoms with Gasteiger partial charge in [-0.15, -0.1) is 0 Å². The number of nitrogens with zero attached hydrogens (tertiary/aromatic N) is 1. The highest BCUT2D eigenvalue weighted by Crippen LogP contribution is 2.33. The smallest absolute Gasteiger partial charge is 0.330 e. The number of nitrogens with one attached hydrogen (secondary N) is 1. The number of alkyl halides is 1. The van der Waals surface area contributed by atoms with Gasteiger partial charge in [0.2, 0.25) is 0 Å². The molecule has 0 saturated carbocycles. The molecule has 1 aromatic rings. The number of rotatable bonds is 2. The molecule has 6 heteroatoms. The summed E-state index contributed by atoms with van der Waals surface area (Å²) < 4.78 is 8.13. The molecule has 1 aromatic heterocycles. The van der Waals surface area contributed by atoms with Gasteiger partial charge in [0.25, 0.3) is 5.56 Å². The Morgan fingerprint density at radius 3 is 2.94 bits per heavy atom. The Morgan fingerprint density at radius 2 is 2.38 bits per heavy atom. The van der Waals surface area contributed by atoms with Gasteiger partial charge in [-0.1, -0.05) is 29.5 Å². The van der Waals surface area contributed by atoms with Gasteiger partial charge < -0.3 is 4.74 Å². The van der Waals surface area contributed by atoms with E-state index < -0.39 is 5.69 Å². The van der Waals surface area contributed by atoms with Gasteiger partial charge in [-0.2, -0.15) is 0 Å². The number of aromatic amines is 1. The van der Waals surface area contributed by atoms with Crippen molar-refractivity contribution in [1.29, 1.82) is 0 Å². The van der Waals surface area contributed by atoms with E-state index in [2.05, 4.69) is 34.5 Å². The van der Waals surface area contributed by atoms with Gasteiger partial charge in [-0.3, -0.25) is 14.3 Å². The van der Waals surface area contributed by atoms with Crippen molar-refractivity contribution >= 4 is 22.6 Å².